The Balaban J connectivity index is 1.91. The summed E-state index contributed by atoms with van der Waals surface area (Å²) in [5.41, 5.74) is 0.594. The van der Waals surface area contributed by atoms with Crippen LogP contribution in [0.1, 0.15) is 66.2 Å². The van der Waals surface area contributed by atoms with E-state index in [1.807, 2.05) is 0 Å². The van der Waals surface area contributed by atoms with Crippen molar-refractivity contribution in [1.29, 1.82) is 0 Å². The van der Waals surface area contributed by atoms with Crippen LogP contribution in [0, 0.1) is 11.3 Å². The van der Waals surface area contributed by atoms with Crippen LogP contribution in [-0.2, 0) is 0 Å². The molecule has 2 heteroatoms. The van der Waals surface area contributed by atoms with Gasteiger partial charge in [-0.1, -0.05) is 34.1 Å². The largest absolute Gasteiger partial charge is 0.312 e. The van der Waals surface area contributed by atoms with Crippen molar-refractivity contribution in [2.75, 3.05) is 19.6 Å². The number of nitrogens with one attached hydrogen (secondary N) is 1. The molecule has 112 valence electrons. The molecule has 0 radical (unpaired) electrons. The highest BCUT2D eigenvalue weighted by Gasteiger charge is 2.32. The van der Waals surface area contributed by atoms with Gasteiger partial charge in [0, 0.05) is 18.6 Å². The molecule has 0 bridgehead atoms. The number of nitrogens with zero attached hydrogens (tertiary/aromatic N) is 1. The van der Waals surface area contributed by atoms with Gasteiger partial charge in [0.05, 0.1) is 0 Å². The molecule has 2 aliphatic rings. The quantitative estimate of drug-likeness (QED) is 0.838. The lowest BCUT2D eigenvalue weighted by Crippen LogP contribution is -2.47. The minimum absolute atomic E-state index is 0.594. The fourth-order valence-electron chi connectivity index (χ4n) is 3.72. The van der Waals surface area contributed by atoms with Crippen LogP contribution in [0.5, 0.6) is 0 Å². The monoisotopic (exact) mass is 266 g/mol. The number of hydrogen-bond donors (Lipinski definition) is 1. The van der Waals surface area contributed by atoms with E-state index in [4.69, 9.17) is 0 Å². The van der Waals surface area contributed by atoms with Crippen LogP contribution in [-0.4, -0.2) is 36.6 Å². The molecule has 1 heterocycles. The summed E-state index contributed by atoms with van der Waals surface area (Å²) in [6.45, 7) is 13.4. The van der Waals surface area contributed by atoms with Gasteiger partial charge in [-0.3, -0.25) is 4.90 Å². The van der Waals surface area contributed by atoms with Crippen molar-refractivity contribution in [3.63, 3.8) is 0 Å². The molecule has 2 atom stereocenters. The van der Waals surface area contributed by atoms with E-state index in [-0.39, 0.29) is 0 Å². The van der Waals surface area contributed by atoms with E-state index in [9.17, 15) is 0 Å². The standard InChI is InChI=1S/C17H34N2/c1-5-14(2)16-13-19(12-6-11-18-16)15-7-9-17(3,4)10-8-15/h14-16,18H,5-13H2,1-4H3. The molecular weight excluding hydrogens is 232 g/mol. The van der Waals surface area contributed by atoms with Crippen LogP contribution in [0.15, 0.2) is 0 Å². The van der Waals surface area contributed by atoms with Gasteiger partial charge in [-0.25, -0.2) is 0 Å². The molecule has 2 fully saturated rings. The Morgan fingerprint density at radius 1 is 1.26 bits per heavy atom. The fourth-order valence-corrected chi connectivity index (χ4v) is 3.72. The third-order valence-corrected chi connectivity index (χ3v) is 5.62. The molecule has 0 aromatic carbocycles. The number of hydrogen-bond acceptors (Lipinski definition) is 2. The van der Waals surface area contributed by atoms with E-state index in [0.29, 0.717) is 11.5 Å². The van der Waals surface area contributed by atoms with Gasteiger partial charge in [-0.15, -0.1) is 0 Å². The molecule has 0 spiro atoms. The first-order chi connectivity index (χ1) is 9.02. The van der Waals surface area contributed by atoms with Crippen molar-refractivity contribution in [2.24, 2.45) is 11.3 Å². The van der Waals surface area contributed by atoms with Gasteiger partial charge in [-0.05, 0) is 56.5 Å². The van der Waals surface area contributed by atoms with Gasteiger partial charge in [0.2, 0.25) is 0 Å². The highest BCUT2D eigenvalue weighted by molar-refractivity contribution is 4.88. The van der Waals surface area contributed by atoms with Gasteiger partial charge in [0.15, 0.2) is 0 Å². The normalized spacial score (nSPS) is 31.9. The highest BCUT2D eigenvalue weighted by atomic mass is 15.2. The van der Waals surface area contributed by atoms with Gasteiger partial charge in [0.25, 0.3) is 0 Å². The summed E-state index contributed by atoms with van der Waals surface area (Å²) in [5, 5.41) is 3.78. The zero-order valence-electron chi connectivity index (χ0n) is 13.5. The summed E-state index contributed by atoms with van der Waals surface area (Å²) < 4.78 is 0. The molecule has 2 rings (SSSR count). The zero-order chi connectivity index (χ0) is 13.9. The predicted molar refractivity (Wildman–Crippen MR) is 83.5 cm³/mol. The molecule has 1 saturated heterocycles. The maximum Gasteiger partial charge on any atom is 0.0220 e. The molecule has 1 N–H and O–H groups in total. The molecule has 19 heavy (non-hydrogen) atoms. The number of rotatable bonds is 3. The van der Waals surface area contributed by atoms with E-state index in [2.05, 4.69) is 37.9 Å². The van der Waals surface area contributed by atoms with E-state index in [1.165, 1.54) is 58.2 Å². The summed E-state index contributed by atoms with van der Waals surface area (Å²) in [6, 6.07) is 1.57. The first-order valence-corrected chi connectivity index (χ1v) is 8.49. The molecule has 2 unspecified atom stereocenters. The predicted octanol–water partition coefficient (Wildman–Crippen LogP) is 3.67. The van der Waals surface area contributed by atoms with Crippen LogP contribution in [0.3, 0.4) is 0 Å². The van der Waals surface area contributed by atoms with E-state index in [0.717, 1.165) is 12.0 Å². The molecule has 1 aliphatic heterocycles. The lowest BCUT2D eigenvalue weighted by molar-refractivity contribution is 0.0997. The third kappa shape index (κ3) is 4.19. The molecule has 0 aromatic rings. The SMILES string of the molecule is CCC(C)C1CN(C2CCC(C)(C)CC2)CCCN1. The molecular formula is C17H34N2. The minimum atomic E-state index is 0.594. The Kier molecular flexibility index (Phi) is 5.30. The topological polar surface area (TPSA) is 15.3 Å². The van der Waals surface area contributed by atoms with E-state index < -0.39 is 0 Å². The maximum absolute atomic E-state index is 3.78. The summed E-state index contributed by atoms with van der Waals surface area (Å²) in [7, 11) is 0. The van der Waals surface area contributed by atoms with Crippen LogP contribution in [0.2, 0.25) is 0 Å². The summed E-state index contributed by atoms with van der Waals surface area (Å²) in [5.74, 6) is 0.806. The molecule has 0 aromatic heterocycles. The van der Waals surface area contributed by atoms with Crippen molar-refractivity contribution in [2.45, 2.75) is 78.3 Å². The second-order valence-electron chi connectivity index (χ2n) is 7.69. The van der Waals surface area contributed by atoms with Gasteiger partial charge in [-0.2, -0.15) is 0 Å². The fraction of sp³-hybridized carbons (Fsp3) is 1.00. The Labute approximate surface area is 120 Å². The van der Waals surface area contributed by atoms with Crippen molar-refractivity contribution in [3.8, 4) is 0 Å². The second kappa shape index (κ2) is 6.58. The van der Waals surface area contributed by atoms with E-state index >= 15 is 0 Å². The Morgan fingerprint density at radius 3 is 2.58 bits per heavy atom. The van der Waals surface area contributed by atoms with Crippen LogP contribution in [0.4, 0.5) is 0 Å². The lowest BCUT2D eigenvalue weighted by atomic mass is 9.75. The van der Waals surface area contributed by atoms with Crippen molar-refractivity contribution >= 4 is 0 Å². The average Bonchev–Trinajstić information content (AvgIpc) is 2.63. The second-order valence-corrected chi connectivity index (χ2v) is 7.69. The maximum atomic E-state index is 3.78. The van der Waals surface area contributed by atoms with Crippen LogP contribution >= 0.6 is 0 Å². The summed E-state index contributed by atoms with van der Waals surface area (Å²) in [6.07, 6.45) is 8.28. The zero-order valence-corrected chi connectivity index (χ0v) is 13.5. The van der Waals surface area contributed by atoms with Crippen LogP contribution in [0.25, 0.3) is 0 Å². The molecule has 1 aliphatic carbocycles. The van der Waals surface area contributed by atoms with Gasteiger partial charge >= 0.3 is 0 Å². The Morgan fingerprint density at radius 2 is 1.95 bits per heavy atom. The van der Waals surface area contributed by atoms with Crippen molar-refractivity contribution in [3.05, 3.63) is 0 Å². The lowest BCUT2D eigenvalue weighted by Gasteiger charge is -2.41. The van der Waals surface area contributed by atoms with E-state index in [1.54, 1.807) is 0 Å². The van der Waals surface area contributed by atoms with Gasteiger partial charge in [0.1, 0.15) is 0 Å². The first-order valence-electron chi connectivity index (χ1n) is 8.49. The molecule has 1 saturated carbocycles. The average molecular weight is 266 g/mol. The van der Waals surface area contributed by atoms with Crippen molar-refractivity contribution < 1.29 is 0 Å². The van der Waals surface area contributed by atoms with Crippen molar-refractivity contribution in [1.82, 2.24) is 10.2 Å². The van der Waals surface area contributed by atoms with Crippen LogP contribution < -0.4 is 5.32 Å². The highest BCUT2D eigenvalue weighted by Crippen LogP contribution is 2.37. The minimum Gasteiger partial charge on any atom is -0.312 e. The third-order valence-electron chi connectivity index (χ3n) is 5.62. The Bertz CT molecular complexity index is 264. The summed E-state index contributed by atoms with van der Waals surface area (Å²) >= 11 is 0. The summed E-state index contributed by atoms with van der Waals surface area (Å²) in [4.78, 5) is 2.81. The Hall–Kier alpha value is -0.0800. The molecule has 0 amide bonds. The first kappa shape index (κ1) is 15.3. The smallest absolute Gasteiger partial charge is 0.0220 e. The van der Waals surface area contributed by atoms with Gasteiger partial charge < -0.3 is 5.32 Å². The molecule has 2 nitrogen and oxygen atoms in total.